The molecule has 0 aliphatic carbocycles. The Kier molecular flexibility index (Phi) is 11.3. The van der Waals surface area contributed by atoms with E-state index in [1.807, 2.05) is 11.0 Å². The molecule has 0 atom stereocenters. The first-order valence-corrected chi connectivity index (χ1v) is 13.8. The van der Waals surface area contributed by atoms with Gasteiger partial charge in [-0.05, 0) is 74.4 Å². The Morgan fingerprint density at radius 1 is 1.10 bits per heavy atom. The van der Waals surface area contributed by atoms with Crippen molar-refractivity contribution in [2.45, 2.75) is 45.6 Å². The van der Waals surface area contributed by atoms with Gasteiger partial charge in [-0.25, -0.2) is 0 Å². The second kappa shape index (κ2) is 14.0. The molecule has 39 heavy (non-hydrogen) atoms. The first-order valence-electron chi connectivity index (χ1n) is 13.0. The number of piperidine rings is 1. The lowest BCUT2D eigenvalue weighted by Gasteiger charge is -2.31. The van der Waals surface area contributed by atoms with Crippen LogP contribution in [0.25, 0.3) is 0 Å². The van der Waals surface area contributed by atoms with Crippen LogP contribution in [0.1, 0.15) is 43.4 Å². The highest BCUT2D eigenvalue weighted by atomic mass is 32.2. The Morgan fingerprint density at radius 2 is 1.79 bits per heavy atom. The van der Waals surface area contributed by atoms with Crippen molar-refractivity contribution in [3.8, 4) is 0 Å². The molecular weight excluding hydrogens is 546 g/mol. The SMILES string of the molecule is CCN(CC)CCOCCN=C1NC(=O)SC1=CC1CCN(Cc2ccc(C(F)(F)F)cc2C(F)(F)F)CC1. The van der Waals surface area contributed by atoms with Gasteiger partial charge >= 0.3 is 12.4 Å². The predicted molar refractivity (Wildman–Crippen MR) is 140 cm³/mol. The predicted octanol–water partition coefficient (Wildman–Crippen LogP) is 6.03. The molecule has 0 aromatic heterocycles. The number of ether oxygens (including phenoxy) is 1. The van der Waals surface area contributed by atoms with Gasteiger partial charge in [0.1, 0.15) is 5.84 Å². The summed E-state index contributed by atoms with van der Waals surface area (Å²) in [6, 6.07) is 1.80. The van der Waals surface area contributed by atoms with Gasteiger partial charge in [-0.1, -0.05) is 26.0 Å². The maximum Gasteiger partial charge on any atom is 0.416 e. The maximum absolute atomic E-state index is 13.5. The number of allylic oxidation sites excluding steroid dienone is 1. The fourth-order valence-electron chi connectivity index (χ4n) is 4.51. The van der Waals surface area contributed by atoms with Gasteiger partial charge in [-0.3, -0.25) is 14.7 Å². The van der Waals surface area contributed by atoms with E-state index in [4.69, 9.17) is 4.74 Å². The second-order valence-corrected chi connectivity index (χ2v) is 10.4. The van der Waals surface area contributed by atoms with Crippen molar-refractivity contribution in [1.29, 1.82) is 0 Å². The van der Waals surface area contributed by atoms with Crippen LogP contribution in [-0.2, 0) is 23.6 Å². The van der Waals surface area contributed by atoms with Crippen molar-refractivity contribution >= 4 is 22.8 Å². The number of hydrogen-bond acceptors (Lipinski definition) is 6. The maximum atomic E-state index is 13.5. The standard InChI is InChI=1S/C26H34F6N4O2S/c1-3-35(4-2)12-14-38-13-9-33-23-22(39-24(37)34-23)15-18-7-10-36(11-8-18)17-19-5-6-20(25(27,28)29)16-21(19)26(30,31)32/h5-6,15-16,18H,3-4,7-14,17H2,1-2H3,(H,33,34,37). The minimum atomic E-state index is -4.88. The van der Waals surface area contributed by atoms with Crippen molar-refractivity contribution < 1.29 is 35.9 Å². The number of nitrogens with zero attached hydrogens (tertiary/aromatic N) is 3. The van der Waals surface area contributed by atoms with Crippen LogP contribution in [0, 0.1) is 5.92 Å². The average molecular weight is 581 g/mol. The number of likely N-dealkylation sites (N-methyl/N-ethyl adjacent to an activating group) is 1. The molecule has 0 unspecified atom stereocenters. The van der Waals surface area contributed by atoms with Crippen LogP contribution in [0.15, 0.2) is 34.2 Å². The van der Waals surface area contributed by atoms with Crippen LogP contribution < -0.4 is 5.32 Å². The Labute approximate surface area is 228 Å². The lowest BCUT2D eigenvalue weighted by molar-refractivity contribution is -0.143. The topological polar surface area (TPSA) is 57.2 Å². The molecule has 1 aromatic carbocycles. The molecule has 0 spiro atoms. The number of alkyl halides is 6. The van der Waals surface area contributed by atoms with Crippen LogP contribution in [-0.4, -0.2) is 73.4 Å². The Morgan fingerprint density at radius 3 is 2.41 bits per heavy atom. The Balaban J connectivity index is 1.54. The zero-order valence-electron chi connectivity index (χ0n) is 22.0. The fraction of sp³-hybridized carbons (Fsp3) is 0.615. The summed E-state index contributed by atoms with van der Waals surface area (Å²) >= 11 is 1.06. The zero-order valence-corrected chi connectivity index (χ0v) is 22.8. The third kappa shape index (κ3) is 9.51. The summed E-state index contributed by atoms with van der Waals surface area (Å²) in [6.07, 6.45) is -6.48. The highest BCUT2D eigenvalue weighted by Gasteiger charge is 2.38. The molecule has 0 radical (unpaired) electrons. The van der Waals surface area contributed by atoms with E-state index in [0.717, 1.165) is 42.4 Å². The Hall–Kier alpha value is -2.09. The molecular formula is C26H34F6N4O2S. The van der Waals surface area contributed by atoms with E-state index in [1.165, 1.54) is 0 Å². The van der Waals surface area contributed by atoms with Crippen molar-refractivity contribution in [2.75, 3.05) is 52.5 Å². The van der Waals surface area contributed by atoms with E-state index in [1.54, 1.807) is 0 Å². The third-order valence-corrected chi connectivity index (χ3v) is 7.60. The third-order valence-electron chi connectivity index (χ3n) is 6.76. The number of hydrogen-bond donors (Lipinski definition) is 1. The van der Waals surface area contributed by atoms with Gasteiger partial charge in [-0.2, -0.15) is 26.3 Å². The lowest BCUT2D eigenvalue weighted by atomic mass is 9.95. The first-order chi connectivity index (χ1) is 18.4. The van der Waals surface area contributed by atoms with Crippen molar-refractivity contribution in [1.82, 2.24) is 15.1 Å². The van der Waals surface area contributed by atoms with Gasteiger partial charge in [0.25, 0.3) is 5.24 Å². The number of rotatable bonds is 11. The summed E-state index contributed by atoms with van der Waals surface area (Å²) in [7, 11) is 0. The molecule has 6 nitrogen and oxygen atoms in total. The fourth-order valence-corrected chi connectivity index (χ4v) is 5.33. The molecule has 2 saturated heterocycles. The van der Waals surface area contributed by atoms with Crippen LogP contribution in [0.2, 0.25) is 0 Å². The molecule has 1 amide bonds. The van der Waals surface area contributed by atoms with Crippen molar-refractivity contribution in [3.05, 3.63) is 45.9 Å². The van der Waals surface area contributed by atoms with Crippen LogP contribution in [0.5, 0.6) is 0 Å². The number of carbonyl (C=O) groups excluding carboxylic acids is 1. The molecule has 0 saturated carbocycles. The van der Waals surface area contributed by atoms with Crippen LogP contribution in [0.3, 0.4) is 0 Å². The molecule has 13 heteroatoms. The van der Waals surface area contributed by atoms with Crippen LogP contribution in [0.4, 0.5) is 31.1 Å². The van der Waals surface area contributed by atoms with Crippen LogP contribution >= 0.6 is 11.8 Å². The minimum absolute atomic E-state index is 0.0912. The molecule has 1 N–H and O–H groups in total. The molecule has 0 bridgehead atoms. The minimum Gasteiger partial charge on any atom is -0.378 e. The zero-order chi connectivity index (χ0) is 28.6. The smallest absolute Gasteiger partial charge is 0.378 e. The monoisotopic (exact) mass is 580 g/mol. The highest BCUT2D eigenvalue weighted by molar-refractivity contribution is 8.18. The molecule has 1 aromatic rings. The number of nitrogens with one attached hydrogen (secondary N) is 1. The first kappa shape index (κ1) is 31.4. The summed E-state index contributed by atoms with van der Waals surface area (Å²) < 4.78 is 85.0. The van der Waals surface area contributed by atoms with E-state index in [9.17, 15) is 31.1 Å². The summed E-state index contributed by atoms with van der Waals surface area (Å²) in [4.78, 5) is 21.2. The van der Waals surface area contributed by atoms with Crippen molar-refractivity contribution in [2.24, 2.45) is 10.9 Å². The van der Waals surface area contributed by atoms with Gasteiger partial charge in [0.2, 0.25) is 0 Å². The number of halogens is 6. The normalized spacial score (nSPS) is 20.0. The number of amidine groups is 1. The number of amides is 1. The molecule has 2 aliphatic heterocycles. The summed E-state index contributed by atoms with van der Waals surface area (Å²) in [6.45, 7) is 9.25. The lowest BCUT2D eigenvalue weighted by Crippen LogP contribution is -2.33. The van der Waals surface area contributed by atoms with Crippen molar-refractivity contribution in [3.63, 3.8) is 0 Å². The number of aliphatic imine (C=N–C) groups is 1. The van der Waals surface area contributed by atoms with E-state index in [-0.39, 0.29) is 29.3 Å². The van der Waals surface area contributed by atoms with E-state index in [0.29, 0.717) is 57.6 Å². The van der Waals surface area contributed by atoms with E-state index < -0.39 is 23.5 Å². The number of likely N-dealkylation sites (tertiary alicyclic amines) is 1. The highest BCUT2D eigenvalue weighted by Crippen LogP contribution is 2.38. The number of thioether (sulfide) groups is 1. The molecule has 2 aliphatic rings. The summed E-state index contributed by atoms with van der Waals surface area (Å²) in [5.74, 6) is 0.598. The average Bonchev–Trinajstić information content (AvgIpc) is 3.22. The number of carbonyl (C=O) groups is 1. The second-order valence-electron chi connectivity index (χ2n) is 9.40. The summed E-state index contributed by atoms with van der Waals surface area (Å²) in [5.41, 5.74) is -2.75. The quantitative estimate of drug-likeness (QED) is 0.256. The summed E-state index contributed by atoms with van der Waals surface area (Å²) in [5, 5.41) is 2.52. The number of benzene rings is 1. The van der Waals surface area contributed by atoms with Gasteiger partial charge < -0.3 is 15.0 Å². The van der Waals surface area contributed by atoms with Gasteiger partial charge in [0.05, 0.1) is 35.8 Å². The Bertz CT molecular complexity index is 1030. The molecule has 3 rings (SSSR count). The van der Waals surface area contributed by atoms with Gasteiger partial charge in [-0.15, -0.1) is 0 Å². The van der Waals surface area contributed by atoms with Gasteiger partial charge in [0.15, 0.2) is 0 Å². The molecule has 218 valence electrons. The van der Waals surface area contributed by atoms with E-state index >= 15 is 0 Å². The molecule has 2 fully saturated rings. The van der Waals surface area contributed by atoms with E-state index in [2.05, 4.69) is 29.1 Å². The van der Waals surface area contributed by atoms with Gasteiger partial charge in [0, 0.05) is 13.1 Å². The largest absolute Gasteiger partial charge is 0.416 e. The molecule has 2 heterocycles.